The zero-order valence-electron chi connectivity index (χ0n) is 16.3. The van der Waals surface area contributed by atoms with Crippen molar-refractivity contribution in [3.05, 3.63) is 10.6 Å². The number of amides is 2. The number of carbonyl (C=O) groups excluding carboxylic acids is 2. The number of carbonyl (C=O) groups is 2. The molecule has 0 atom stereocenters. The molecule has 0 saturated heterocycles. The lowest BCUT2D eigenvalue weighted by atomic mass is 10.2. The molecule has 0 aromatic carbocycles. The lowest BCUT2D eigenvalue weighted by Gasteiger charge is -2.24. The molecule has 25 heavy (non-hydrogen) atoms. The standard InChI is InChI=1S/C18H32N4O2S/c1-6-9-10-17(24)22(12-11-21(7-2)8-3)13-16(23)20-18-19-14(4)15(5)25-18/h6-13H2,1-5H3,(H,19,20,23)/p+1. The van der Waals surface area contributed by atoms with Crippen LogP contribution in [0.25, 0.3) is 0 Å². The molecule has 7 heteroatoms. The molecule has 0 bridgehead atoms. The van der Waals surface area contributed by atoms with Gasteiger partial charge in [0.25, 0.3) is 0 Å². The monoisotopic (exact) mass is 369 g/mol. The number of aromatic nitrogens is 1. The van der Waals surface area contributed by atoms with Crippen LogP contribution in [0, 0.1) is 13.8 Å². The van der Waals surface area contributed by atoms with Crippen LogP contribution in [0.3, 0.4) is 0 Å². The van der Waals surface area contributed by atoms with Gasteiger partial charge in [-0.05, 0) is 34.1 Å². The van der Waals surface area contributed by atoms with Gasteiger partial charge in [-0.25, -0.2) is 4.98 Å². The number of nitrogens with one attached hydrogen (secondary N) is 2. The van der Waals surface area contributed by atoms with Crippen molar-refractivity contribution in [1.82, 2.24) is 9.88 Å². The molecule has 0 unspecified atom stereocenters. The fraction of sp³-hybridized carbons (Fsp3) is 0.722. The van der Waals surface area contributed by atoms with Gasteiger partial charge in [-0.3, -0.25) is 9.59 Å². The second-order valence-electron chi connectivity index (χ2n) is 6.33. The number of unbranched alkanes of at least 4 members (excludes halogenated alkanes) is 1. The van der Waals surface area contributed by atoms with Crippen LogP contribution in [-0.4, -0.2) is 54.4 Å². The Balaban J connectivity index is 2.66. The molecule has 2 amide bonds. The predicted octanol–water partition coefficient (Wildman–Crippen LogP) is 1.64. The van der Waals surface area contributed by atoms with Crippen LogP contribution in [0.5, 0.6) is 0 Å². The van der Waals surface area contributed by atoms with Gasteiger partial charge < -0.3 is 15.1 Å². The zero-order chi connectivity index (χ0) is 18.8. The highest BCUT2D eigenvalue weighted by molar-refractivity contribution is 7.15. The lowest BCUT2D eigenvalue weighted by Crippen LogP contribution is -3.12. The van der Waals surface area contributed by atoms with Crippen LogP contribution in [0.4, 0.5) is 5.13 Å². The van der Waals surface area contributed by atoms with Gasteiger partial charge in [-0.2, -0.15) is 0 Å². The van der Waals surface area contributed by atoms with Gasteiger partial charge in [0, 0.05) is 11.3 Å². The Kier molecular flexibility index (Phi) is 9.67. The van der Waals surface area contributed by atoms with E-state index in [1.165, 1.54) is 16.2 Å². The predicted molar refractivity (Wildman–Crippen MR) is 103 cm³/mol. The average Bonchev–Trinajstić information content (AvgIpc) is 2.89. The van der Waals surface area contributed by atoms with Gasteiger partial charge in [0.05, 0.1) is 31.9 Å². The summed E-state index contributed by atoms with van der Waals surface area (Å²) in [7, 11) is 0. The summed E-state index contributed by atoms with van der Waals surface area (Å²) in [6.45, 7) is 13.9. The highest BCUT2D eigenvalue weighted by Crippen LogP contribution is 2.20. The molecule has 0 aliphatic carbocycles. The Labute approximate surface area is 155 Å². The second kappa shape index (κ2) is 11.2. The summed E-state index contributed by atoms with van der Waals surface area (Å²) >= 11 is 1.47. The fourth-order valence-electron chi connectivity index (χ4n) is 2.53. The summed E-state index contributed by atoms with van der Waals surface area (Å²) in [5.41, 5.74) is 0.932. The topological polar surface area (TPSA) is 66.7 Å². The molecule has 0 aliphatic heterocycles. The van der Waals surface area contributed by atoms with E-state index in [1.54, 1.807) is 4.90 Å². The third-order valence-electron chi connectivity index (χ3n) is 4.44. The highest BCUT2D eigenvalue weighted by atomic mass is 32.1. The van der Waals surface area contributed by atoms with Gasteiger partial charge in [0.2, 0.25) is 11.8 Å². The normalized spacial score (nSPS) is 11.0. The highest BCUT2D eigenvalue weighted by Gasteiger charge is 2.19. The first-order valence-electron chi connectivity index (χ1n) is 9.26. The van der Waals surface area contributed by atoms with E-state index in [-0.39, 0.29) is 18.4 Å². The third-order valence-corrected chi connectivity index (χ3v) is 5.43. The minimum absolute atomic E-state index is 0.0649. The minimum Gasteiger partial charge on any atom is -0.334 e. The SMILES string of the molecule is CCCCC(=O)N(CC[NH+](CC)CC)CC(=O)Nc1nc(C)c(C)s1. The second-order valence-corrected chi connectivity index (χ2v) is 7.54. The van der Waals surface area contributed by atoms with Crippen molar-refractivity contribution in [2.24, 2.45) is 0 Å². The van der Waals surface area contributed by atoms with Crippen molar-refractivity contribution in [3.63, 3.8) is 0 Å². The van der Waals surface area contributed by atoms with Crippen molar-refractivity contribution in [1.29, 1.82) is 0 Å². The summed E-state index contributed by atoms with van der Waals surface area (Å²) in [4.78, 5) is 33.4. The minimum atomic E-state index is -0.173. The van der Waals surface area contributed by atoms with Gasteiger partial charge >= 0.3 is 0 Å². The fourth-order valence-corrected chi connectivity index (χ4v) is 3.36. The zero-order valence-corrected chi connectivity index (χ0v) is 17.1. The van der Waals surface area contributed by atoms with Crippen molar-refractivity contribution in [2.45, 2.75) is 53.9 Å². The van der Waals surface area contributed by atoms with Crippen LogP contribution < -0.4 is 10.2 Å². The smallest absolute Gasteiger partial charge is 0.245 e. The first kappa shape index (κ1) is 21.6. The summed E-state index contributed by atoms with van der Waals surface area (Å²) in [6, 6.07) is 0. The van der Waals surface area contributed by atoms with E-state index in [0.717, 1.165) is 43.0 Å². The van der Waals surface area contributed by atoms with E-state index in [0.29, 0.717) is 18.1 Å². The van der Waals surface area contributed by atoms with Crippen molar-refractivity contribution in [3.8, 4) is 0 Å². The van der Waals surface area contributed by atoms with E-state index in [1.807, 2.05) is 13.8 Å². The molecular formula is C18H33N4O2S+. The number of likely N-dealkylation sites (N-methyl/N-ethyl adjacent to an activating group) is 1. The summed E-state index contributed by atoms with van der Waals surface area (Å²) < 4.78 is 0. The van der Waals surface area contributed by atoms with Gasteiger partial charge in [0.1, 0.15) is 6.54 Å². The Morgan fingerprint density at radius 1 is 1.20 bits per heavy atom. The molecule has 1 heterocycles. The van der Waals surface area contributed by atoms with Crippen LogP contribution >= 0.6 is 11.3 Å². The number of aryl methyl sites for hydroxylation is 2. The van der Waals surface area contributed by atoms with E-state index in [9.17, 15) is 9.59 Å². The number of thiazole rings is 1. The molecular weight excluding hydrogens is 336 g/mol. The quantitative estimate of drug-likeness (QED) is 0.623. The van der Waals surface area contributed by atoms with Gasteiger partial charge in [0.15, 0.2) is 5.13 Å². The lowest BCUT2D eigenvalue weighted by molar-refractivity contribution is -0.895. The van der Waals surface area contributed by atoms with E-state index >= 15 is 0 Å². The van der Waals surface area contributed by atoms with Gasteiger partial charge in [-0.15, -0.1) is 11.3 Å². The first-order valence-corrected chi connectivity index (χ1v) is 10.1. The number of quaternary nitrogens is 1. The number of anilines is 1. The Hall–Kier alpha value is -1.47. The summed E-state index contributed by atoms with van der Waals surface area (Å²) in [6.07, 6.45) is 2.34. The molecule has 6 nitrogen and oxygen atoms in total. The number of rotatable bonds is 11. The molecule has 2 N–H and O–H groups in total. The molecule has 1 rings (SSSR count). The van der Waals surface area contributed by atoms with E-state index in [4.69, 9.17) is 0 Å². The molecule has 0 aliphatic rings. The molecule has 1 aromatic heterocycles. The maximum Gasteiger partial charge on any atom is 0.245 e. The van der Waals surface area contributed by atoms with Crippen molar-refractivity contribution >= 4 is 28.3 Å². The Morgan fingerprint density at radius 2 is 1.88 bits per heavy atom. The summed E-state index contributed by atoms with van der Waals surface area (Å²) in [5.74, 6) is -0.108. The van der Waals surface area contributed by atoms with Crippen LogP contribution in [0.2, 0.25) is 0 Å². The number of nitrogens with zero attached hydrogens (tertiary/aromatic N) is 2. The molecule has 142 valence electrons. The van der Waals surface area contributed by atoms with Gasteiger partial charge in [-0.1, -0.05) is 13.3 Å². The Morgan fingerprint density at radius 3 is 2.40 bits per heavy atom. The van der Waals surface area contributed by atoms with E-state index in [2.05, 4.69) is 31.1 Å². The third kappa shape index (κ3) is 7.52. The van der Waals surface area contributed by atoms with Crippen LogP contribution in [-0.2, 0) is 9.59 Å². The summed E-state index contributed by atoms with van der Waals surface area (Å²) in [5, 5.41) is 3.44. The molecule has 1 aromatic rings. The molecule has 0 radical (unpaired) electrons. The number of hydrogen-bond donors (Lipinski definition) is 2. The van der Waals surface area contributed by atoms with E-state index < -0.39 is 0 Å². The average molecular weight is 370 g/mol. The molecule has 0 saturated carbocycles. The maximum absolute atomic E-state index is 12.5. The van der Waals surface area contributed by atoms with Crippen LogP contribution in [0.15, 0.2) is 0 Å². The largest absolute Gasteiger partial charge is 0.334 e. The first-order chi connectivity index (χ1) is 11.9. The number of hydrogen-bond acceptors (Lipinski definition) is 4. The molecule has 0 fully saturated rings. The van der Waals surface area contributed by atoms with Crippen molar-refractivity contribution < 1.29 is 14.5 Å². The Bertz CT molecular complexity index is 536. The molecule has 0 spiro atoms. The van der Waals surface area contributed by atoms with Crippen molar-refractivity contribution in [2.75, 3.05) is 38.0 Å². The maximum atomic E-state index is 12.5. The van der Waals surface area contributed by atoms with Crippen LogP contribution in [0.1, 0.15) is 50.6 Å².